The summed E-state index contributed by atoms with van der Waals surface area (Å²) in [7, 11) is 0. The first-order chi connectivity index (χ1) is 18.4. The molecule has 0 aliphatic heterocycles. The number of H-pyrrole nitrogens is 1. The maximum Gasteiger partial charge on any atom is 0.137 e. The van der Waals surface area contributed by atoms with Crippen LogP contribution in [-0.2, 0) is 0 Å². The molecule has 1 atom stereocenters. The normalized spacial score (nSPS) is 11.7. The fourth-order valence-corrected chi connectivity index (χ4v) is 4.81. The van der Waals surface area contributed by atoms with Crippen LogP contribution in [0.4, 0.5) is 17.1 Å². The largest absolute Gasteiger partial charge is 0.345 e. The van der Waals surface area contributed by atoms with Gasteiger partial charge in [0.2, 0.25) is 0 Å². The topological polar surface area (TPSA) is 44.8 Å². The van der Waals surface area contributed by atoms with Gasteiger partial charge in [-0.3, -0.25) is 4.98 Å². The molecule has 6 aromatic rings. The first kappa shape index (κ1) is 22.5. The van der Waals surface area contributed by atoms with Gasteiger partial charge in [0.1, 0.15) is 5.82 Å². The lowest BCUT2D eigenvalue weighted by atomic mass is 9.88. The van der Waals surface area contributed by atoms with Crippen molar-refractivity contribution in [3.63, 3.8) is 0 Å². The predicted molar refractivity (Wildman–Crippen MR) is 150 cm³/mol. The van der Waals surface area contributed by atoms with Crippen LogP contribution in [0.5, 0.6) is 0 Å². The number of nitrogens with one attached hydrogen (secondary N) is 1. The fourth-order valence-electron chi connectivity index (χ4n) is 4.81. The molecular weight excluding hydrogens is 452 g/mol. The van der Waals surface area contributed by atoms with Crippen molar-refractivity contribution in [2.45, 2.75) is 5.92 Å². The van der Waals surface area contributed by atoms with E-state index in [2.05, 4.69) is 130 Å². The first-order valence-corrected chi connectivity index (χ1v) is 12.4. The van der Waals surface area contributed by atoms with Crippen molar-refractivity contribution in [1.82, 2.24) is 15.0 Å². The Morgan fingerprint density at radius 2 is 1.22 bits per heavy atom. The van der Waals surface area contributed by atoms with Gasteiger partial charge in [-0.1, -0.05) is 78.9 Å². The molecule has 1 unspecified atom stereocenters. The van der Waals surface area contributed by atoms with E-state index in [1.54, 1.807) is 6.20 Å². The van der Waals surface area contributed by atoms with E-state index in [1.165, 1.54) is 11.1 Å². The minimum absolute atomic E-state index is 0.0226. The van der Waals surface area contributed by atoms with Gasteiger partial charge in [0, 0.05) is 41.2 Å². The summed E-state index contributed by atoms with van der Waals surface area (Å²) in [4.78, 5) is 14.7. The van der Waals surface area contributed by atoms with Crippen molar-refractivity contribution >= 4 is 17.1 Å². The Labute approximate surface area is 216 Å². The van der Waals surface area contributed by atoms with Crippen LogP contribution in [0, 0.1) is 0 Å². The summed E-state index contributed by atoms with van der Waals surface area (Å²) >= 11 is 0. The minimum Gasteiger partial charge on any atom is -0.345 e. The number of hydrogen-bond acceptors (Lipinski definition) is 3. The standard InChI is InChI=1S/C33H26N4/c1-3-11-25(12-4-1)32(31-19-7-8-20-34-31)26-13-9-17-29(23-26)37(28-15-5-2-6-16-28)30-18-10-14-27(24-30)33-35-21-22-36-33/h1-24,32H,(H,35,36). The molecule has 4 heteroatoms. The van der Waals surface area contributed by atoms with E-state index >= 15 is 0 Å². The summed E-state index contributed by atoms with van der Waals surface area (Å²) in [6.45, 7) is 0. The monoisotopic (exact) mass is 478 g/mol. The Morgan fingerprint density at radius 1 is 0.541 bits per heavy atom. The third kappa shape index (κ3) is 4.78. The van der Waals surface area contributed by atoms with Crippen LogP contribution < -0.4 is 4.90 Å². The number of hydrogen-bond donors (Lipinski definition) is 1. The van der Waals surface area contributed by atoms with E-state index in [4.69, 9.17) is 4.98 Å². The smallest absolute Gasteiger partial charge is 0.137 e. The van der Waals surface area contributed by atoms with Gasteiger partial charge in [0.05, 0.1) is 11.6 Å². The molecule has 0 fully saturated rings. The van der Waals surface area contributed by atoms with E-state index in [0.717, 1.165) is 34.1 Å². The molecule has 0 spiro atoms. The molecule has 0 aliphatic rings. The maximum absolute atomic E-state index is 4.74. The van der Waals surface area contributed by atoms with Crippen molar-refractivity contribution in [2.75, 3.05) is 4.90 Å². The molecule has 4 nitrogen and oxygen atoms in total. The van der Waals surface area contributed by atoms with Gasteiger partial charge in [-0.2, -0.15) is 0 Å². The van der Waals surface area contributed by atoms with Gasteiger partial charge in [0.25, 0.3) is 0 Å². The maximum atomic E-state index is 4.74. The molecule has 0 amide bonds. The van der Waals surface area contributed by atoms with Crippen LogP contribution in [0.15, 0.2) is 146 Å². The quantitative estimate of drug-likeness (QED) is 0.252. The van der Waals surface area contributed by atoms with Crippen molar-refractivity contribution in [2.24, 2.45) is 0 Å². The highest BCUT2D eigenvalue weighted by Crippen LogP contribution is 2.39. The number of para-hydroxylation sites is 1. The highest BCUT2D eigenvalue weighted by atomic mass is 15.1. The molecule has 0 saturated carbocycles. The Balaban J connectivity index is 1.49. The van der Waals surface area contributed by atoms with Gasteiger partial charge in [-0.05, 0) is 59.7 Å². The van der Waals surface area contributed by atoms with Crippen LogP contribution in [0.3, 0.4) is 0 Å². The second-order valence-electron chi connectivity index (χ2n) is 8.85. The second-order valence-corrected chi connectivity index (χ2v) is 8.85. The number of rotatable bonds is 7. The van der Waals surface area contributed by atoms with Crippen LogP contribution in [0.25, 0.3) is 11.4 Å². The third-order valence-electron chi connectivity index (χ3n) is 6.47. The zero-order valence-electron chi connectivity index (χ0n) is 20.3. The number of aromatic amines is 1. The van der Waals surface area contributed by atoms with Crippen LogP contribution in [-0.4, -0.2) is 15.0 Å². The van der Waals surface area contributed by atoms with Crippen molar-refractivity contribution < 1.29 is 0 Å². The summed E-state index contributed by atoms with van der Waals surface area (Å²) < 4.78 is 0. The number of nitrogens with zero attached hydrogens (tertiary/aromatic N) is 3. The predicted octanol–water partition coefficient (Wildman–Crippen LogP) is 8.12. The Bertz CT molecular complexity index is 1520. The molecule has 0 aliphatic carbocycles. The number of imidazole rings is 1. The van der Waals surface area contributed by atoms with Gasteiger partial charge in [0.15, 0.2) is 0 Å². The molecule has 0 bridgehead atoms. The molecule has 4 aromatic carbocycles. The molecule has 2 aromatic heterocycles. The number of aromatic nitrogens is 3. The number of benzene rings is 4. The molecule has 0 radical (unpaired) electrons. The Kier molecular flexibility index (Phi) is 6.29. The third-order valence-corrected chi connectivity index (χ3v) is 6.47. The minimum atomic E-state index is 0.0226. The molecule has 37 heavy (non-hydrogen) atoms. The Morgan fingerprint density at radius 3 is 1.95 bits per heavy atom. The van der Waals surface area contributed by atoms with E-state index in [1.807, 2.05) is 24.5 Å². The zero-order valence-corrected chi connectivity index (χ0v) is 20.3. The molecule has 0 saturated heterocycles. The molecule has 1 N–H and O–H groups in total. The van der Waals surface area contributed by atoms with E-state index < -0.39 is 0 Å². The fraction of sp³-hybridized carbons (Fsp3) is 0.0303. The summed E-state index contributed by atoms with van der Waals surface area (Å²) in [6.07, 6.45) is 5.50. The van der Waals surface area contributed by atoms with E-state index in [-0.39, 0.29) is 5.92 Å². The van der Waals surface area contributed by atoms with Gasteiger partial charge in [-0.25, -0.2) is 4.98 Å². The summed E-state index contributed by atoms with van der Waals surface area (Å²) in [5.41, 5.74) is 7.69. The number of pyridine rings is 1. The highest BCUT2D eigenvalue weighted by Gasteiger charge is 2.20. The summed E-state index contributed by atoms with van der Waals surface area (Å²) in [5.74, 6) is 0.873. The Hall–Kier alpha value is -4.96. The lowest BCUT2D eigenvalue weighted by molar-refractivity contribution is 0.918. The van der Waals surface area contributed by atoms with Gasteiger partial charge < -0.3 is 9.88 Å². The second kappa shape index (κ2) is 10.3. The molecule has 2 heterocycles. The van der Waals surface area contributed by atoms with Crippen molar-refractivity contribution in [1.29, 1.82) is 0 Å². The molecule has 178 valence electrons. The first-order valence-electron chi connectivity index (χ1n) is 12.4. The van der Waals surface area contributed by atoms with Crippen LogP contribution in [0.1, 0.15) is 22.7 Å². The zero-order chi connectivity index (χ0) is 24.9. The van der Waals surface area contributed by atoms with Crippen molar-refractivity contribution in [3.05, 3.63) is 163 Å². The van der Waals surface area contributed by atoms with E-state index in [9.17, 15) is 0 Å². The molecular formula is C33H26N4. The average Bonchev–Trinajstić information content (AvgIpc) is 3.51. The molecule has 6 rings (SSSR count). The SMILES string of the molecule is c1ccc(C(c2cccc(N(c3ccccc3)c3cccc(-c4ncc[nH]4)c3)c2)c2ccccn2)cc1. The average molecular weight is 479 g/mol. The summed E-state index contributed by atoms with van der Waals surface area (Å²) in [6, 6.07) is 44.4. The highest BCUT2D eigenvalue weighted by molar-refractivity contribution is 5.79. The van der Waals surface area contributed by atoms with Gasteiger partial charge >= 0.3 is 0 Å². The summed E-state index contributed by atoms with van der Waals surface area (Å²) in [5, 5.41) is 0. The lowest BCUT2D eigenvalue weighted by Crippen LogP contribution is -2.11. The van der Waals surface area contributed by atoms with E-state index in [0.29, 0.717) is 0 Å². The van der Waals surface area contributed by atoms with Crippen LogP contribution >= 0.6 is 0 Å². The van der Waals surface area contributed by atoms with Crippen LogP contribution in [0.2, 0.25) is 0 Å². The number of anilines is 3. The lowest BCUT2D eigenvalue weighted by Gasteiger charge is -2.27. The van der Waals surface area contributed by atoms with Crippen molar-refractivity contribution in [3.8, 4) is 11.4 Å². The van der Waals surface area contributed by atoms with Gasteiger partial charge in [-0.15, -0.1) is 0 Å².